The predicted octanol–water partition coefficient (Wildman–Crippen LogP) is 1.98. The number of hydrogen-bond donors (Lipinski definition) is 2. The number of amides is 2. The molecule has 1 saturated heterocycles. The third kappa shape index (κ3) is 4.53. The van der Waals surface area contributed by atoms with Crippen LogP contribution in [-0.4, -0.2) is 71.5 Å². The highest BCUT2D eigenvalue weighted by Gasteiger charge is 2.41. The summed E-state index contributed by atoms with van der Waals surface area (Å²) in [5.41, 5.74) is 6.13. The molecular formula is C23H37N7O2. The lowest BCUT2D eigenvalue weighted by Gasteiger charge is -2.43. The van der Waals surface area contributed by atoms with Crippen LogP contribution in [0.25, 0.3) is 0 Å². The number of fused-ring (bicyclic) bond motifs is 1. The van der Waals surface area contributed by atoms with E-state index < -0.39 is 0 Å². The summed E-state index contributed by atoms with van der Waals surface area (Å²) in [6.45, 7) is 6.35. The number of carbonyl (C=O) groups excluding carboxylic acids is 2. The van der Waals surface area contributed by atoms with Gasteiger partial charge in [0.05, 0.1) is 12.7 Å². The van der Waals surface area contributed by atoms with Gasteiger partial charge in [-0.05, 0) is 58.0 Å². The van der Waals surface area contributed by atoms with Crippen molar-refractivity contribution in [3.63, 3.8) is 0 Å². The zero-order valence-electron chi connectivity index (χ0n) is 19.6. The van der Waals surface area contributed by atoms with E-state index in [1.165, 1.54) is 12.8 Å². The fourth-order valence-electron chi connectivity index (χ4n) is 5.61. The van der Waals surface area contributed by atoms with Crippen LogP contribution in [-0.2, 0) is 9.59 Å². The minimum absolute atomic E-state index is 0.132. The Hall–Kier alpha value is -2.42. The molecule has 9 heteroatoms. The highest BCUT2D eigenvalue weighted by atomic mass is 16.2. The third-order valence-corrected chi connectivity index (χ3v) is 7.49. The van der Waals surface area contributed by atoms with Crippen LogP contribution < -0.4 is 20.9 Å². The lowest BCUT2D eigenvalue weighted by Crippen LogP contribution is -2.55. The molecule has 3 aliphatic rings. The summed E-state index contributed by atoms with van der Waals surface area (Å²) in [6, 6.07) is 0.421. The van der Waals surface area contributed by atoms with Gasteiger partial charge in [-0.1, -0.05) is 19.8 Å². The van der Waals surface area contributed by atoms with Crippen LogP contribution in [0.4, 0.5) is 17.5 Å². The molecule has 0 bridgehead atoms. The Morgan fingerprint density at radius 2 is 1.94 bits per heavy atom. The average Bonchev–Trinajstić information content (AvgIpc) is 3.30. The SMILES string of the molecule is CC[C@@H]1C(=O)N(C)c2cnc(NC(C)C3CCN(CC(N)=O)CC3)nc2N1C1CCCC1. The standard InChI is InChI=1S/C23H37N7O2/c1-4-18-22(32)28(3)19-13-25-23(27-21(19)30(18)17-7-5-6-8-17)26-15(2)16-9-11-29(12-10-16)14-20(24)31/h13,15-18H,4-12,14H2,1-3H3,(H2,24,31)(H,25,26,27)/t15?,18-/m1/s1. The van der Waals surface area contributed by atoms with E-state index in [2.05, 4.69) is 33.9 Å². The summed E-state index contributed by atoms with van der Waals surface area (Å²) in [7, 11) is 1.83. The first-order chi connectivity index (χ1) is 15.4. The number of hydrogen-bond acceptors (Lipinski definition) is 7. The van der Waals surface area contributed by atoms with Gasteiger partial charge >= 0.3 is 0 Å². The van der Waals surface area contributed by atoms with Crippen LogP contribution in [0.1, 0.15) is 58.8 Å². The van der Waals surface area contributed by atoms with Gasteiger partial charge in [0.1, 0.15) is 11.7 Å². The molecule has 3 N–H and O–H groups in total. The smallest absolute Gasteiger partial charge is 0.249 e. The number of likely N-dealkylation sites (N-methyl/N-ethyl adjacent to an activating group) is 1. The van der Waals surface area contributed by atoms with Crippen molar-refractivity contribution in [3.8, 4) is 0 Å². The Balaban J connectivity index is 1.50. The summed E-state index contributed by atoms with van der Waals surface area (Å²) in [6.07, 6.45) is 9.22. The molecule has 1 unspecified atom stereocenters. The second kappa shape index (κ2) is 9.60. The van der Waals surface area contributed by atoms with Crippen molar-refractivity contribution in [2.75, 3.05) is 41.8 Å². The fraction of sp³-hybridized carbons (Fsp3) is 0.739. The van der Waals surface area contributed by atoms with Gasteiger partial charge < -0.3 is 20.9 Å². The van der Waals surface area contributed by atoms with Gasteiger partial charge in [0.25, 0.3) is 0 Å². The average molecular weight is 444 g/mol. The van der Waals surface area contributed by atoms with E-state index in [0.29, 0.717) is 24.5 Å². The number of nitrogens with zero attached hydrogens (tertiary/aromatic N) is 5. The van der Waals surface area contributed by atoms with E-state index in [-0.39, 0.29) is 23.9 Å². The molecule has 176 valence electrons. The summed E-state index contributed by atoms with van der Waals surface area (Å²) in [5.74, 6) is 1.85. The number of rotatable bonds is 7. The molecule has 9 nitrogen and oxygen atoms in total. The molecule has 1 aromatic heterocycles. The van der Waals surface area contributed by atoms with Gasteiger partial charge in [-0.3, -0.25) is 14.5 Å². The van der Waals surface area contributed by atoms with E-state index >= 15 is 0 Å². The van der Waals surface area contributed by atoms with Crippen molar-refractivity contribution in [1.29, 1.82) is 0 Å². The summed E-state index contributed by atoms with van der Waals surface area (Å²) in [5, 5.41) is 3.52. The zero-order chi connectivity index (χ0) is 22.8. The van der Waals surface area contributed by atoms with Crippen molar-refractivity contribution >= 4 is 29.3 Å². The minimum Gasteiger partial charge on any atom is -0.369 e. The molecule has 1 aromatic rings. The maximum absolute atomic E-state index is 13.0. The Labute approximate surface area is 190 Å². The number of likely N-dealkylation sites (tertiary alicyclic amines) is 1. The molecule has 0 radical (unpaired) electrons. The first kappa shape index (κ1) is 22.8. The number of primary amides is 1. The molecule has 2 fully saturated rings. The largest absolute Gasteiger partial charge is 0.369 e. The second-order valence-electron chi connectivity index (χ2n) is 9.58. The highest BCUT2D eigenvalue weighted by molar-refractivity contribution is 6.04. The van der Waals surface area contributed by atoms with Gasteiger partial charge in [0.2, 0.25) is 17.8 Å². The Morgan fingerprint density at radius 1 is 1.25 bits per heavy atom. The fourth-order valence-corrected chi connectivity index (χ4v) is 5.61. The van der Waals surface area contributed by atoms with Crippen LogP contribution in [0.2, 0.25) is 0 Å². The molecule has 2 amide bonds. The van der Waals surface area contributed by atoms with Crippen LogP contribution >= 0.6 is 0 Å². The lowest BCUT2D eigenvalue weighted by atomic mass is 9.90. The first-order valence-corrected chi connectivity index (χ1v) is 12.1. The van der Waals surface area contributed by atoms with Crippen molar-refractivity contribution in [3.05, 3.63) is 6.20 Å². The van der Waals surface area contributed by atoms with Crippen LogP contribution in [0, 0.1) is 5.92 Å². The molecule has 1 saturated carbocycles. The number of aromatic nitrogens is 2. The van der Waals surface area contributed by atoms with E-state index in [0.717, 1.165) is 56.7 Å². The number of anilines is 3. The van der Waals surface area contributed by atoms with Gasteiger partial charge in [-0.15, -0.1) is 0 Å². The maximum Gasteiger partial charge on any atom is 0.249 e. The van der Waals surface area contributed by atoms with E-state index in [9.17, 15) is 9.59 Å². The van der Waals surface area contributed by atoms with Gasteiger partial charge in [-0.25, -0.2) is 4.98 Å². The molecule has 3 heterocycles. The Bertz CT molecular complexity index is 834. The highest BCUT2D eigenvalue weighted by Crippen LogP contribution is 2.40. The molecule has 32 heavy (non-hydrogen) atoms. The topological polar surface area (TPSA) is 108 Å². The van der Waals surface area contributed by atoms with Gasteiger partial charge in [-0.2, -0.15) is 4.98 Å². The molecule has 2 aliphatic heterocycles. The monoisotopic (exact) mass is 443 g/mol. The Morgan fingerprint density at radius 3 is 2.56 bits per heavy atom. The van der Waals surface area contributed by atoms with E-state index in [1.807, 2.05) is 7.05 Å². The van der Waals surface area contributed by atoms with Crippen LogP contribution in [0.5, 0.6) is 0 Å². The molecule has 0 aromatic carbocycles. The number of nitrogens with one attached hydrogen (secondary N) is 1. The lowest BCUT2D eigenvalue weighted by molar-refractivity contribution is -0.120. The van der Waals surface area contributed by atoms with Gasteiger partial charge in [0.15, 0.2) is 5.82 Å². The minimum atomic E-state index is -0.266. The van der Waals surface area contributed by atoms with Crippen molar-refractivity contribution < 1.29 is 9.59 Å². The van der Waals surface area contributed by atoms with Crippen molar-refractivity contribution in [1.82, 2.24) is 14.9 Å². The quantitative estimate of drug-likeness (QED) is 0.663. The van der Waals surface area contributed by atoms with Gasteiger partial charge in [0, 0.05) is 19.1 Å². The third-order valence-electron chi connectivity index (χ3n) is 7.49. The maximum atomic E-state index is 13.0. The van der Waals surface area contributed by atoms with Crippen molar-refractivity contribution in [2.24, 2.45) is 11.7 Å². The molecular weight excluding hydrogens is 406 g/mol. The molecule has 2 atom stereocenters. The van der Waals surface area contributed by atoms with Crippen LogP contribution in [0.15, 0.2) is 6.20 Å². The summed E-state index contributed by atoms with van der Waals surface area (Å²) in [4.78, 5) is 39.8. The molecule has 4 rings (SSSR count). The number of piperidine rings is 1. The second-order valence-corrected chi connectivity index (χ2v) is 9.58. The Kier molecular flexibility index (Phi) is 6.83. The normalized spacial score (nSPS) is 24.0. The molecule has 1 aliphatic carbocycles. The predicted molar refractivity (Wildman–Crippen MR) is 126 cm³/mol. The molecule has 0 spiro atoms. The number of carbonyl (C=O) groups is 2. The summed E-state index contributed by atoms with van der Waals surface area (Å²) >= 11 is 0. The first-order valence-electron chi connectivity index (χ1n) is 12.1. The van der Waals surface area contributed by atoms with Crippen LogP contribution in [0.3, 0.4) is 0 Å². The van der Waals surface area contributed by atoms with E-state index in [4.69, 9.17) is 10.7 Å². The zero-order valence-corrected chi connectivity index (χ0v) is 19.6. The van der Waals surface area contributed by atoms with E-state index in [1.54, 1.807) is 11.1 Å². The number of nitrogens with two attached hydrogens (primary N) is 1. The van der Waals surface area contributed by atoms with Crippen molar-refractivity contribution in [2.45, 2.75) is 76.9 Å². The summed E-state index contributed by atoms with van der Waals surface area (Å²) < 4.78 is 0.